The largest absolute Gasteiger partial charge is 0.351 e. The van der Waals surface area contributed by atoms with E-state index in [9.17, 15) is 4.79 Å². The third-order valence-corrected chi connectivity index (χ3v) is 4.56. The number of piperidine rings is 1. The van der Waals surface area contributed by atoms with Gasteiger partial charge in [0.05, 0.1) is 6.20 Å². The molecule has 0 unspecified atom stereocenters. The number of carbonyl (C=O) groups is 1. The number of amides is 1. The highest BCUT2D eigenvalue weighted by Crippen LogP contribution is 2.35. The summed E-state index contributed by atoms with van der Waals surface area (Å²) < 4.78 is 4.97. The average molecular weight is 313 g/mol. The first-order valence-corrected chi connectivity index (χ1v) is 8.07. The number of likely N-dealkylation sites (tertiary alicyclic amines) is 1. The molecule has 4 rings (SSSR count). The predicted octanol–water partition coefficient (Wildman–Crippen LogP) is 1.74. The molecular weight excluding hydrogens is 294 g/mol. The standard InChI is InChI=1S/C16H19N5O2/c22-16(14-3-8-19-23-14)20-9-5-13(6-10-20)21(12-1-2-12)15-4-7-17-11-18-15/h3-4,7-8,11-13H,1-2,5-6,9-10H2. The fourth-order valence-electron chi connectivity index (χ4n) is 3.29. The van der Waals surface area contributed by atoms with E-state index in [0.29, 0.717) is 17.8 Å². The maximum absolute atomic E-state index is 12.3. The van der Waals surface area contributed by atoms with Crippen molar-refractivity contribution in [1.82, 2.24) is 20.0 Å². The third kappa shape index (κ3) is 2.91. The Morgan fingerprint density at radius 3 is 2.52 bits per heavy atom. The monoisotopic (exact) mass is 313 g/mol. The molecule has 0 spiro atoms. The number of hydrogen-bond acceptors (Lipinski definition) is 6. The summed E-state index contributed by atoms with van der Waals surface area (Å²) in [6.07, 6.45) is 9.24. The van der Waals surface area contributed by atoms with E-state index in [1.54, 1.807) is 18.6 Å². The first kappa shape index (κ1) is 14.2. The van der Waals surface area contributed by atoms with Crippen LogP contribution in [0.3, 0.4) is 0 Å². The summed E-state index contributed by atoms with van der Waals surface area (Å²) in [6, 6.07) is 4.61. The Bertz CT molecular complexity index is 648. The van der Waals surface area contributed by atoms with Crippen LogP contribution in [0.4, 0.5) is 5.82 Å². The number of nitrogens with zero attached hydrogens (tertiary/aromatic N) is 5. The minimum atomic E-state index is -0.0686. The highest BCUT2D eigenvalue weighted by molar-refractivity contribution is 5.91. The lowest BCUT2D eigenvalue weighted by molar-refractivity contribution is 0.0670. The van der Waals surface area contributed by atoms with Crippen molar-refractivity contribution < 1.29 is 9.32 Å². The van der Waals surface area contributed by atoms with Gasteiger partial charge in [0.25, 0.3) is 5.91 Å². The van der Waals surface area contributed by atoms with E-state index in [4.69, 9.17) is 4.52 Å². The molecule has 1 saturated carbocycles. The van der Waals surface area contributed by atoms with E-state index in [1.807, 2.05) is 11.0 Å². The molecule has 0 bridgehead atoms. The summed E-state index contributed by atoms with van der Waals surface area (Å²) in [5, 5.41) is 3.61. The van der Waals surface area contributed by atoms with Crippen molar-refractivity contribution in [1.29, 1.82) is 0 Å². The first-order valence-electron chi connectivity index (χ1n) is 8.07. The van der Waals surface area contributed by atoms with Gasteiger partial charge in [-0.05, 0) is 31.7 Å². The number of rotatable bonds is 4. The second-order valence-electron chi connectivity index (χ2n) is 6.11. The SMILES string of the molecule is O=C(c1ccno1)N1CCC(N(c2ccncn2)C2CC2)CC1. The first-order chi connectivity index (χ1) is 11.3. The average Bonchev–Trinajstić information content (AvgIpc) is 3.28. The maximum atomic E-state index is 12.3. The molecule has 2 aromatic rings. The summed E-state index contributed by atoms with van der Waals surface area (Å²) in [7, 11) is 0. The van der Waals surface area contributed by atoms with Gasteiger partial charge in [0.1, 0.15) is 12.1 Å². The lowest BCUT2D eigenvalue weighted by atomic mass is 10.0. The fraction of sp³-hybridized carbons (Fsp3) is 0.500. The molecule has 7 nitrogen and oxygen atoms in total. The molecule has 0 atom stereocenters. The Kier molecular flexibility index (Phi) is 3.69. The second kappa shape index (κ2) is 5.98. The van der Waals surface area contributed by atoms with Crippen LogP contribution in [0.15, 0.2) is 35.4 Å². The number of hydrogen-bond donors (Lipinski definition) is 0. The van der Waals surface area contributed by atoms with E-state index in [2.05, 4.69) is 20.0 Å². The summed E-state index contributed by atoms with van der Waals surface area (Å²) in [6.45, 7) is 1.47. The smallest absolute Gasteiger partial charge is 0.292 e. The van der Waals surface area contributed by atoms with Gasteiger partial charge in [-0.1, -0.05) is 5.16 Å². The Labute approximate surface area is 134 Å². The Balaban J connectivity index is 1.43. The molecule has 1 aliphatic heterocycles. The molecule has 1 amide bonds. The van der Waals surface area contributed by atoms with E-state index in [-0.39, 0.29) is 5.91 Å². The minimum Gasteiger partial charge on any atom is -0.351 e. The van der Waals surface area contributed by atoms with E-state index in [0.717, 1.165) is 31.7 Å². The van der Waals surface area contributed by atoms with Gasteiger partial charge >= 0.3 is 0 Å². The Morgan fingerprint density at radius 1 is 1.13 bits per heavy atom. The van der Waals surface area contributed by atoms with Crippen molar-refractivity contribution in [2.75, 3.05) is 18.0 Å². The topological polar surface area (TPSA) is 75.4 Å². The fourth-order valence-corrected chi connectivity index (χ4v) is 3.29. The van der Waals surface area contributed by atoms with Crippen LogP contribution in [-0.2, 0) is 0 Å². The molecule has 2 aliphatic rings. The van der Waals surface area contributed by atoms with E-state index >= 15 is 0 Å². The molecule has 0 radical (unpaired) electrons. The summed E-state index contributed by atoms with van der Waals surface area (Å²) >= 11 is 0. The summed E-state index contributed by atoms with van der Waals surface area (Å²) in [5.41, 5.74) is 0. The van der Waals surface area contributed by atoms with Crippen molar-refractivity contribution in [2.45, 2.75) is 37.8 Å². The van der Waals surface area contributed by atoms with Gasteiger partial charge in [-0.2, -0.15) is 0 Å². The van der Waals surface area contributed by atoms with E-state index < -0.39 is 0 Å². The van der Waals surface area contributed by atoms with Crippen LogP contribution in [0.25, 0.3) is 0 Å². The highest BCUT2D eigenvalue weighted by atomic mass is 16.5. The molecule has 3 heterocycles. The van der Waals surface area contributed by atoms with Crippen LogP contribution in [-0.4, -0.2) is 51.1 Å². The Morgan fingerprint density at radius 2 is 1.91 bits per heavy atom. The molecule has 0 aromatic carbocycles. The quantitative estimate of drug-likeness (QED) is 0.856. The molecule has 120 valence electrons. The molecule has 1 saturated heterocycles. The zero-order chi connectivity index (χ0) is 15.6. The summed E-state index contributed by atoms with van der Waals surface area (Å²) in [4.78, 5) is 25.0. The molecule has 2 aromatic heterocycles. The van der Waals surface area contributed by atoms with Crippen LogP contribution in [0.2, 0.25) is 0 Å². The molecule has 1 aliphatic carbocycles. The van der Waals surface area contributed by atoms with Gasteiger partial charge in [-0.3, -0.25) is 4.79 Å². The summed E-state index contributed by atoms with van der Waals surface area (Å²) in [5.74, 6) is 1.25. The highest BCUT2D eigenvalue weighted by Gasteiger charge is 2.37. The van der Waals surface area contributed by atoms with Crippen LogP contribution in [0.1, 0.15) is 36.2 Å². The van der Waals surface area contributed by atoms with Gasteiger partial charge in [0, 0.05) is 37.4 Å². The molecular formula is C16H19N5O2. The lowest BCUT2D eigenvalue weighted by Crippen LogP contribution is -2.48. The molecule has 7 heteroatoms. The number of aromatic nitrogens is 3. The van der Waals surface area contributed by atoms with Gasteiger partial charge in [-0.15, -0.1) is 0 Å². The number of carbonyl (C=O) groups excluding carboxylic acids is 1. The van der Waals surface area contributed by atoms with Crippen molar-refractivity contribution in [2.24, 2.45) is 0 Å². The van der Waals surface area contributed by atoms with Crippen molar-refractivity contribution in [3.05, 3.63) is 36.6 Å². The normalized spacial score (nSPS) is 18.9. The maximum Gasteiger partial charge on any atom is 0.292 e. The zero-order valence-corrected chi connectivity index (χ0v) is 12.8. The molecule has 0 N–H and O–H groups in total. The van der Waals surface area contributed by atoms with Crippen LogP contribution in [0, 0.1) is 0 Å². The number of anilines is 1. The third-order valence-electron chi connectivity index (χ3n) is 4.56. The predicted molar refractivity (Wildman–Crippen MR) is 83.0 cm³/mol. The molecule has 2 fully saturated rings. The van der Waals surface area contributed by atoms with Crippen LogP contribution < -0.4 is 4.90 Å². The van der Waals surface area contributed by atoms with Gasteiger partial charge in [0.15, 0.2) is 0 Å². The van der Waals surface area contributed by atoms with Gasteiger partial charge in [-0.25, -0.2) is 9.97 Å². The van der Waals surface area contributed by atoms with Gasteiger partial charge < -0.3 is 14.3 Å². The Hall–Kier alpha value is -2.44. The zero-order valence-electron chi connectivity index (χ0n) is 12.8. The minimum absolute atomic E-state index is 0.0686. The van der Waals surface area contributed by atoms with E-state index in [1.165, 1.54) is 19.0 Å². The molecule has 23 heavy (non-hydrogen) atoms. The second-order valence-corrected chi connectivity index (χ2v) is 6.11. The van der Waals surface area contributed by atoms with Crippen molar-refractivity contribution >= 4 is 11.7 Å². The van der Waals surface area contributed by atoms with Gasteiger partial charge in [0.2, 0.25) is 5.76 Å². The van der Waals surface area contributed by atoms with Crippen LogP contribution >= 0.6 is 0 Å². The lowest BCUT2D eigenvalue weighted by Gasteiger charge is -2.39. The van der Waals surface area contributed by atoms with Crippen molar-refractivity contribution in [3.63, 3.8) is 0 Å². The van der Waals surface area contributed by atoms with Crippen LogP contribution in [0.5, 0.6) is 0 Å². The van der Waals surface area contributed by atoms with Crippen molar-refractivity contribution in [3.8, 4) is 0 Å².